The van der Waals surface area contributed by atoms with Gasteiger partial charge >= 0.3 is 0 Å². The first-order valence-corrected chi connectivity index (χ1v) is 10.3. The summed E-state index contributed by atoms with van der Waals surface area (Å²) in [7, 11) is -1.37. The van der Waals surface area contributed by atoms with Crippen molar-refractivity contribution in [2.24, 2.45) is 5.92 Å². The van der Waals surface area contributed by atoms with E-state index < -0.39 is 16.1 Å². The molecule has 1 N–H and O–H groups in total. The van der Waals surface area contributed by atoms with Crippen LogP contribution in [0.2, 0.25) is 0 Å². The van der Waals surface area contributed by atoms with Crippen LogP contribution < -0.4 is 4.72 Å². The monoisotopic (exact) mass is 345 g/mol. The largest absolute Gasteiger partial charge is 0.339 e. The lowest BCUT2D eigenvalue weighted by atomic mass is 10.0. The molecule has 0 aromatic rings. The number of amides is 1. The molecule has 0 spiro atoms. The van der Waals surface area contributed by atoms with Gasteiger partial charge in [0, 0.05) is 26.2 Å². The van der Waals surface area contributed by atoms with Crippen molar-refractivity contribution in [3.05, 3.63) is 0 Å². The smallest absolute Gasteiger partial charge is 0.240 e. The van der Waals surface area contributed by atoms with Gasteiger partial charge in [0.2, 0.25) is 15.9 Å². The van der Waals surface area contributed by atoms with E-state index in [4.69, 9.17) is 0 Å². The topological polar surface area (TPSA) is 69.7 Å². The summed E-state index contributed by atoms with van der Waals surface area (Å²) in [5.74, 6) is 0.205. The SMILES string of the molecule is CC(C)C[C@H](NS(=O)(=O)C1CCCC1)C(=O)N1CCN(C)CC1. The van der Waals surface area contributed by atoms with Gasteiger partial charge in [-0.25, -0.2) is 13.1 Å². The lowest BCUT2D eigenvalue weighted by Gasteiger charge is -2.35. The molecule has 6 nitrogen and oxygen atoms in total. The third-order valence-electron chi connectivity index (χ3n) is 4.87. The number of hydrogen-bond donors (Lipinski definition) is 1. The Morgan fingerprint density at radius 2 is 1.70 bits per heavy atom. The molecule has 134 valence electrons. The average Bonchev–Trinajstić information content (AvgIpc) is 3.01. The Balaban J connectivity index is 2.05. The standard InChI is InChI=1S/C16H31N3O3S/c1-13(2)12-15(16(20)19-10-8-18(3)9-11-19)17-23(21,22)14-6-4-5-7-14/h13-15,17H,4-12H2,1-3H3/t15-/m0/s1. The van der Waals surface area contributed by atoms with E-state index in [-0.39, 0.29) is 17.1 Å². The van der Waals surface area contributed by atoms with E-state index in [1.165, 1.54) is 0 Å². The van der Waals surface area contributed by atoms with E-state index in [9.17, 15) is 13.2 Å². The molecule has 0 bridgehead atoms. The van der Waals surface area contributed by atoms with E-state index in [0.29, 0.717) is 32.4 Å². The summed E-state index contributed by atoms with van der Waals surface area (Å²) in [5.41, 5.74) is 0. The van der Waals surface area contributed by atoms with Crippen LogP contribution in [0.25, 0.3) is 0 Å². The van der Waals surface area contributed by atoms with Crippen molar-refractivity contribution in [2.75, 3.05) is 33.2 Å². The normalized spacial score (nSPS) is 22.7. The third-order valence-corrected chi connectivity index (χ3v) is 6.83. The summed E-state index contributed by atoms with van der Waals surface area (Å²) >= 11 is 0. The number of nitrogens with zero attached hydrogens (tertiary/aromatic N) is 2. The zero-order valence-corrected chi connectivity index (χ0v) is 15.4. The summed E-state index contributed by atoms with van der Waals surface area (Å²) in [6.45, 7) is 7.08. The van der Waals surface area contributed by atoms with Crippen LogP contribution in [0.1, 0.15) is 46.0 Å². The van der Waals surface area contributed by atoms with Crippen molar-refractivity contribution >= 4 is 15.9 Å². The number of carbonyl (C=O) groups is 1. The van der Waals surface area contributed by atoms with Crippen molar-refractivity contribution in [3.8, 4) is 0 Å². The number of likely N-dealkylation sites (N-methyl/N-ethyl adjacent to an activating group) is 1. The number of piperazine rings is 1. The second kappa shape index (κ2) is 7.94. The molecule has 2 fully saturated rings. The molecular formula is C16H31N3O3S. The van der Waals surface area contributed by atoms with Gasteiger partial charge in [-0.1, -0.05) is 26.7 Å². The molecule has 1 heterocycles. The summed E-state index contributed by atoms with van der Waals surface area (Å²) < 4.78 is 27.9. The van der Waals surface area contributed by atoms with Crippen LogP contribution in [0.5, 0.6) is 0 Å². The first-order valence-electron chi connectivity index (χ1n) is 8.78. The summed E-state index contributed by atoms with van der Waals surface area (Å²) in [6.07, 6.45) is 3.91. The quantitative estimate of drug-likeness (QED) is 0.781. The van der Waals surface area contributed by atoms with E-state index in [2.05, 4.69) is 9.62 Å². The van der Waals surface area contributed by atoms with E-state index in [1.54, 1.807) is 0 Å². The summed E-state index contributed by atoms with van der Waals surface area (Å²) in [5, 5.41) is -0.322. The lowest BCUT2D eigenvalue weighted by molar-refractivity contribution is -0.135. The van der Waals surface area contributed by atoms with Gasteiger partial charge in [0.25, 0.3) is 0 Å². The Bertz CT molecular complexity index is 493. The molecule has 7 heteroatoms. The van der Waals surface area contributed by atoms with Gasteiger partial charge in [0.05, 0.1) is 5.25 Å². The number of carbonyl (C=O) groups excluding carboxylic acids is 1. The molecule has 2 rings (SSSR count). The van der Waals surface area contributed by atoms with E-state index >= 15 is 0 Å². The van der Waals surface area contributed by atoms with Crippen LogP contribution in [0.3, 0.4) is 0 Å². The predicted molar refractivity (Wildman–Crippen MR) is 91.6 cm³/mol. The second-order valence-electron chi connectivity index (χ2n) is 7.38. The van der Waals surface area contributed by atoms with E-state index in [1.807, 2.05) is 25.8 Å². The number of nitrogens with one attached hydrogen (secondary N) is 1. The van der Waals surface area contributed by atoms with Crippen LogP contribution in [0.4, 0.5) is 0 Å². The highest BCUT2D eigenvalue weighted by Gasteiger charge is 2.35. The molecule has 1 aliphatic carbocycles. The highest BCUT2D eigenvalue weighted by Crippen LogP contribution is 2.25. The lowest BCUT2D eigenvalue weighted by Crippen LogP contribution is -2.55. The van der Waals surface area contributed by atoms with Crippen LogP contribution in [0, 0.1) is 5.92 Å². The van der Waals surface area contributed by atoms with Crippen molar-refractivity contribution < 1.29 is 13.2 Å². The Kier molecular flexibility index (Phi) is 6.45. The van der Waals surface area contributed by atoms with Crippen molar-refractivity contribution in [3.63, 3.8) is 0 Å². The van der Waals surface area contributed by atoms with Crippen molar-refractivity contribution in [1.82, 2.24) is 14.5 Å². The Morgan fingerprint density at radius 3 is 2.22 bits per heavy atom. The van der Waals surface area contributed by atoms with Crippen LogP contribution in [-0.4, -0.2) is 68.6 Å². The number of rotatable bonds is 6. The molecule has 23 heavy (non-hydrogen) atoms. The maximum Gasteiger partial charge on any atom is 0.240 e. The molecule has 1 saturated carbocycles. The fraction of sp³-hybridized carbons (Fsp3) is 0.938. The molecule has 2 aliphatic rings. The Morgan fingerprint density at radius 1 is 1.13 bits per heavy atom. The minimum atomic E-state index is -3.41. The van der Waals surface area contributed by atoms with Crippen LogP contribution >= 0.6 is 0 Å². The van der Waals surface area contributed by atoms with E-state index in [0.717, 1.165) is 25.9 Å². The van der Waals surface area contributed by atoms with Crippen molar-refractivity contribution in [1.29, 1.82) is 0 Å². The molecule has 1 atom stereocenters. The second-order valence-corrected chi connectivity index (χ2v) is 9.37. The molecule has 1 amide bonds. The first kappa shape index (κ1) is 18.7. The molecule has 0 aromatic carbocycles. The number of hydrogen-bond acceptors (Lipinski definition) is 4. The molecule has 0 unspecified atom stereocenters. The zero-order chi connectivity index (χ0) is 17.0. The molecule has 1 saturated heterocycles. The van der Waals surface area contributed by atoms with Crippen LogP contribution in [0.15, 0.2) is 0 Å². The third kappa shape index (κ3) is 5.16. The summed E-state index contributed by atoms with van der Waals surface area (Å²) in [6, 6.07) is -0.621. The molecule has 1 aliphatic heterocycles. The van der Waals surface area contributed by atoms with Crippen molar-refractivity contribution in [2.45, 2.75) is 57.2 Å². The molecular weight excluding hydrogens is 314 g/mol. The van der Waals surface area contributed by atoms with Gasteiger partial charge in [-0.15, -0.1) is 0 Å². The average molecular weight is 346 g/mol. The minimum Gasteiger partial charge on any atom is -0.339 e. The van der Waals surface area contributed by atoms with Crippen LogP contribution in [-0.2, 0) is 14.8 Å². The fourth-order valence-corrected chi connectivity index (χ4v) is 5.15. The highest BCUT2D eigenvalue weighted by molar-refractivity contribution is 7.90. The Hall–Kier alpha value is -0.660. The molecule has 0 aromatic heterocycles. The minimum absolute atomic E-state index is 0.0617. The Labute approximate surface area is 140 Å². The van der Waals surface area contributed by atoms with Gasteiger partial charge in [0.15, 0.2) is 0 Å². The van der Waals surface area contributed by atoms with Gasteiger partial charge in [-0.05, 0) is 32.2 Å². The molecule has 0 radical (unpaired) electrons. The van der Waals surface area contributed by atoms with Gasteiger partial charge in [0.1, 0.15) is 6.04 Å². The van der Waals surface area contributed by atoms with Gasteiger partial charge in [-0.2, -0.15) is 0 Å². The highest BCUT2D eigenvalue weighted by atomic mass is 32.2. The summed E-state index contributed by atoms with van der Waals surface area (Å²) in [4.78, 5) is 16.8. The number of sulfonamides is 1. The predicted octanol–water partition coefficient (Wildman–Crippen LogP) is 1.04. The zero-order valence-electron chi connectivity index (χ0n) is 14.6. The maximum absolute atomic E-state index is 12.8. The maximum atomic E-state index is 12.8. The van der Waals surface area contributed by atoms with Gasteiger partial charge < -0.3 is 9.80 Å². The fourth-order valence-electron chi connectivity index (χ4n) is 3.41. The first-order chi connectivity index (χ1) is 10.8. The van der Waals surface area contributed by atoms with Gasteiger partial charge in [-0.3, -0.25) is 4.79 Å².